The highest BCUT2D eigenvalue weighted by Crippen LogP contribution is 2.35. The predicted octanol–water partition coefficient (Wildman–Crippen LogP) is 7.48. The molecule has 206 valence electrons. The number of aromatic hydroxyl groups is 1. The van der Waals surface area contributed by atoms with Crippen molar-refractivity contribution < 1.29 is 10.0 Å². The first-order valence-electron chi connectivity index (χ1n) is 12.5. The van der Waals surface area contributed by atoms with Gasteiger partial charge in [0, 0.05) is 35.3 Å². The van der Waals surface area contributed by atoms with Crippen LogP contribution in [0.4, 0.5) is 34.6 Å². The van der Waals surface area contributed by atoms with Crippen molar-refractivity contribution in [3.05, 3.63) is 113 Å². The number of nitro groups is 1. The van der Waals surface area contributed by atoms with Crippen molar-refractivity contribution in [2.24, 2.45) is 4.99 Å². The van der Waals surface area contributed by atoms with Crippen LogP contribution in [0.3, 0.4) is 0 Å². The number of phenols is 1. The smallest absolute Gasteiger partial charge is 0.270 e. The number of para-hydroxylation sites is 2. The second kappa shape index (κ2) is 12.0. The Morgan fingerprint density at radius 2 is 1.50 bits per heavy atom. The van der Waals surface area contributed by atoms with Crippen molar-refractivity contribution in [2.75, 3.05) is 10.6 Å². The van der Waals surface area contributed by atoms with Gasteiger partial charge >= 0.3 is 0 Å². The predicted molar refractivity (Wildman–Crippen MR) is 165 cm³/mol. The summed E-state index contributed by atoms with van der Waals surface area (Å²) >= 11 is 2.77. The number of hydrogen-bond donors (Lipinski definition) is 3. The molecule has 0 bridgehead atoms. The summed E-state index contributed by atoms with van der Waals surface area (Å²) in [5.41, 5.74) is 3.20. The molecular weight excluding hydrogens is 573 g/mol. The number of aromatic nitrogens is 4. The Morgan fingerprint density at radius 1 is 0.833 bits per heavy atom. The molecule has 0 aliphatic heterocycles. The number of thiazole rings is 1. The van der Waals surface area contributed by atoms with E-state index in [1.807, 2.05) is 72.8 Å². The Bertz CT molecular complexity index is 1860. The minimum absolute atomic E-state index is 0.0958. The molecule has 0 atom stereocenters. The summed E-state index contributed by atoms with van der Waals surface area (Å²) in [4.78, 5) is 33.4. The number of nitrogens with one attached hydrogen (secondary N) is 2. The third-order valence-electron chi connectivity index (χ3n) is 5.78. The van der Waals surface area contributed by atoms with E-state index in [9.17, 15) is 15.2 Å². The number of hydrogen-bond acceptors (Lipinski definition) is 12. The summed E-state index contributed by atoms with van der Waals surface area (Å²) in [7, 11) is 0. The Labute approximate surface area is 247 Å². The molecule has 0 saturated carbocycles. The summed E-state index contributed by atoms with van der Waals surface area (Å²) in [5, 5.41) is 28.1. The van der Waals surface area contributed by atoms with Crippen LogP contribution in [0.15, 0.2) is 112 Å². The number of nitro benzene ring substituents is 1. The lowest BCUT2D eigenvalue weighted by Gasteiger charge is -2.09. The molecule has 42 heavy (non-hydrogen) atoms. The summed E-state index contributed by atoms with van der Waals surface area (Å²) in [6.07, 6.45) is 1.40. The van der Waals surface area contributed by atoms with E-state index in [0.29, 0.717) is 22.7 Å². The fourth-order valence-electron chi connectivity index (χ4n) is 3.81. The van der Waals surface area contributed by atoms with Crippen molar-refractivity contribution in [1.29, 1.82) is 0 Å². The average Bonchev–Trinajstić information content (AvgIpc) is 3.39. The summed E-state index contributed by atoms with van der Waals surface area (Å²) in [6.45, 7) is 0. The maximum atomic E-state index is 11.1. The fraction of sp³-hybridized carbons (Fsp3) is 0. The molecule has 11 nitrogen and oxygen atoms in total. The number of fused-ring (bicyclic) bond motifs is 1. The molecule has 0 fully saturated rings. The van der Waals surface area contributed by atoms with Gasteiger partial charge < -0.3 is 15.7 Å². The van der Waals surface area contributed by atoms with Crippen LogP contribution in [0.25, 0.3) is 10.2 Å². The van der Waals surface area contributed by atoms with Crippen LogP contribution in [0, 0.1) is 10.1 Å². The molecule has 6 rings (SSSR count). The fourth-order valence-corrected chi connectivity index (χ4v) is 5.77. The van der Waals surface area contributed by atoms with Crippen molar-refractivity contribution in [3.8, 4) is 5.75 Å². The van der Waals surface area contributed by atoms with E-state index in [-0.39, 0.29) is 17.0 Å². The zero-order valence-corrected chi connectivity index (χ0v) is 23.2. The van der Waals surface area contributed by atoms with Gasteiger partial charge in [0.2, 0.25) is 17.1 Å². The van der Waals surface area contributed by atoms with Crippen LogP contribution in [0.1, 0.15) is 5.56 Å². The molecule has 0 amide bonds. The highest BCUT2D eigenvalue weighted by Gasteiger charge is 2.13. The standard InChI is InChI=1S/C29H20N8O3S2/c38-24-14-12-22(37(39)40)15-18(24)17-30-21-11-13-23-25(16-21)41-29(33-23)42-28-35-26(31-19-7-3-1-4-8-19)34-27(36-28)32-20-9-5-2-6-10-20/h1-17,38H,(H2,31,32,34,35,36). The first-order valence-corrected chi connectivity index (χ1v) is 14.1. The molecule has 4 aromatic carbocycles. The van der Waals surface area contributed by atoms with E-state index < -0.39 is 4.92 Å². The molecule has 6 aromatic rings. The molecule has 0 aliphatic carbocycles. The van der Waals surface area contributed by atoms with Gasteiger partial charge in [-0.25, -0.2) is 4.98 Å². The second-order valence-corrected chi connectivity index (χ2v) is 11.0. The second-order valence-electron chi connectivity index (χ2n) is 8.74. The van der Waals surface area contributed by atoms with E-state index in [1.54, 1.807) is 6.07 Å². The lowest BCUT2D eigenvalue weighted by Crippen LogP contribution is -2.05. The number of phenolic OH excluding ortho intramolecular Hbond substituents is 1. The summed E-state index contributed by atoms with van der Waals surface area (Å²) in [5.74, 6) is 0.681. The molecule has 3 N–H and O–H groups in total. The lowest BCUT2D eigenvalue weighted by molar-refractivity contribution is -0.384. The van der Waals surface area contributed by atoms with E-state index >= 15 is 0 Å². The minimum atomic E-state index is -0.521. The Hall–Kier alpha value is -5.40. The van der Waals surface area contributed by atoms with E-state index in [2.05, 4.69) is 30.6 Å². The van der Waals surface area contributed by atoms with Crippen LogP contribution in [-0.2, 0) is 0 Å². The van der Waals surface area contributed by atoms with E-state index in [1.165, 1.54) is 47.5 Å². The molecule has 0 unspecified atom stereocenters. The van der Waals surface area contributed by atoms with Crippen molar-refractivity contribution >= 4 is 74.2 Å². The third kappa shape index (κ3) is 6.49. The Kier molecular flexibility index (Phi) is 7.66. The maximum absolute atomic E-state index is 11.1. The monoisotopic (exact) mass is 592 g/mol. The van der Waals surface area contributed by atoms with Gasteiger partial charge in [0.1, 0.15) is 5.75 Å². The number of nitrogens with zero attached hydrogens (tertiary/aromatic N) is 6. The van der Waals surface area contributed by atoms with Crippen LogP contribution in [-0.4, -0.2) is 36.2 Å². The van der Waals surface area contributed by atoms with Crippen LogP contribution in [0.2, 0.25) is 0 Å². The summed E-state index contributed by atoms with van der Waals surface area (Å²) < 4.78 is 1.61. The number of non-ortho nitro benzene ring substituents is 1. The van der Waals surface area contributed by atoms with Gasteiger partial charge in [-0.3, -0.25) is 15.1 Å². The number of benzene rings is 4. The average molecular weight is 593 g/mol. The summed E-state index contributed by atoms with van der Waals surface area (Å²) in [6, 6.07) is 28.5. The number of rotatable bonds is 9. The molecule has 0 aliphatic rings. The molecule has 0 spiro atoms. The molecule has 2 heterocycles. The highest BCUT2D eigenvalue weighted by molar-refractivity contribution is 8.01. The number of anilines is 4. The normalized spacial score (nSPS) is 11.1. The molecule has 0 radical (unpaired) electrons. The molecule has 2 aromatic heterocycles. The zero-order valence-electron chi connectivity index (χ0n) is 21.6. The largest absolute Gasteiger partial charge is 0.507 e. The Morgan fingerprint density at radius 3 is 2.14 bits per heavy atom. The topological polar surface area (TPSA) is 151 Å². The number of aliphatic imine (C=N–C) groups is 1. The SMILES string of the molecule is O=[N+]([O-])c1ccc(O)c(C=Nc2ccc3nc(Sc4nc(Nc5ccccc5)nc(Nc5ccccc5)n4)sc3c2)c1. The molecular formula is C29H20N8O3S2. The van der Waals surface area contributed by atoms with Gasteiger partial charge in [0.25, 0.3) is 5.69 Å². The van der Waals surface area contributed by atoms with Crippen molar-refractivity contribution in [1.82, 2.24) is 19.9 Å². The first-order chi connectivity index (χ1) is 20.5. The quantitative estimate of drug-likeness (QED) is 0.0875. The van der Waals surface area contributed by atoms with Gasteiger partial charge in [0.15, 0.2) is 4.34 Å². The lowest BCUT2D eigenvalue weighted by atomic mass is 10.2. The third-order valence-corrected chi connectivity index (χ3v) is 7.72. The van der Waals surface area contributed by atoms with Crippen molar-refractivity contribution in [2.45, 2.75) is 9.50 Å². The van der Waals surface area contributed by atoms with Gasteiger partial charge in [-0.2, -0.15) is 15.0 Å². The van der Waals surface area contributed by atoms with Gasteiger partial charge in [0.05, 0.1) is 20.8 Å². The first kappa shape index (κ1) is 26.8. The maximum Gasteiger partial charge on any atom is 0.270 e. The van der Waals surface area contributed by atoms with Gasteiger partial charge in [-0.05, 0) is 60.3 Å². The van der Waals surface area contributed by atoms with Gasteiger partial charge in [-0.15, -0.1) is 11.3 Å². The minimum Gasteiger partial charge on any atom is -0.507 e. The van der Waals surface area contributed by atoms with Crippen molar-refractivity contribution in [3.63, 3.8) is 0 Å². The Balaban J connectivity index is 1.26. The van der Waals surface area contributed by atoms with E-state index in [4.69, 9.17) is 4.98 Å². The van der Waals surface area contributed by atoms with E-state index in [0.717, 1.165) is 25.9 Å². The van der Waals surface area contributed by atoms with Crippen LogP contribution in [0.5, 0.6) is 5.75 Å². The molecule has 0 saturated heterocycles. The van der Waals surface area contributed by atoms with Crippen LogP contribution >= 0.6 is 23.1 Å². The molecule has 13 heteroatoms. The van der Waals surface area contributed by atoms with Crippen LogP contribution < -0.4 is 10.6 Å². The zero-order chi connectivity index (χ0) is 28.9. The highest BCUT2D eigenvalue weighted by atomic mass is 32.2. The van der Waals surface area contributed by atoms with Gasteiger partial charge in [-0.1, -0.05) is 36.4 Å².